The molecule has 0 aromatic heterocycles. The summed E-state index contributed by atoms with van der Waals surface area (Å²) in [6.45, 7) is 2.85. The maximum Gasteiger partial charge on any atom is 0.127 e. The first kappa shape index (κ1) is 14.5. The number of halogens is 1. The Morgan fingerprint density at radius 3 is 2.68 bits per heavy atom. The van der Waals surface area contributed by atoms with Gasteiger partial charge in [-0.25, -0.2) is 4.39 Å². The van der Waals surface area contributed by atoms with Crippen LogP contribution in [0.3, 0.4) is 0 Å². The van der Waals surface area contributed by atoms with E-state index in [-0.39, 0.29) is 18.0 Å². The highest BCUT2D eigenvalue weighted by Crippen LogP contribution is 2.28. The van der Waals surface area contributed by atoms with Crippen molar-refractivity contribution in [3.05, 3.63) is 35.6 Å². The lowest BCUT2D eigenvalue weighted by Gasteiger charge is -2.34. The fraction of sp³-hybridized carbons (Fsp3) is 0.625. The molecule has 1 saturated carbocycles. The van der Waals surface area contributed by atoms with Crippen LogP contribution in [0, 0.1) is 11.7 Å². The van der Waals surface area contributed by atoms with Crippen LogP contribution >= 0.6 is 0 Å². The molecule has 3 unspecified atom stereocenters. The van der Waals surface area contributed by atoms with Crippen LogP contribution in [-0.4, -0.2) is 29.7 Å². The van der Waals surface area contributed by atoms with E-state index in [0.29, 0.717) is 5.92 Å². The molecule has 2 rings (SSSR count). The Morgan fingerprint density at radius 1 is 1.32 bits per heavy atom. The molecule has 106 valence electrons. The third-order valence-corrected chi connectivity index (χ3v) is 4.41. The van der Waals surface area contributed by atoms with Gasteiger partial charge in [0.2, 0.25) is 0 Å². The molecule has 1 aliphatic rings. The molecular formula is C16H24FNO. The van der Waals surface area contributed by atoms with Gasteiger partial charge in [0.1, 0.15) is 5.82 Å². The predicted octanol–water partition coefficient (Wildman–Crippen LogP) is 3.37. The molecule has 0 bridgehead atoms. The highest BCUT2D eigenvalue weighted by atomic mass is 19.1. The van der Waals surface area contributed by atoms with Crippen molar-refractivity contribution in [3.63, 3.8) is 0 Å². The smallest absolute Gasteiger partial charge is 0.127 e. The van der Waals surface area contributed by atoms with Crippen LogP contribution in [0.4, 0.5) is 4.39 Å². The molecule has 0 aliphatic heterocycles. The van der Waals surface area contributed by atoms with Gasteiger partial charge < -0.3 is 5.11 Å². The molecule has 1 aromatic carbocycles. The molecule has 0 spiro atoms. The van der Waals surface area contributed by atoms with Crippen LogP contribution in [-0.2, 0) is 0 Å². The number of aliphatic hydroxyl groups is 1. The minimum Gasteiger partial charge on any atom is -0.393 e. The Labute approximate surface area is 115 Å². The molecule has 1 N–H and O–H groups in total. The lowest BCUT2D eigenvalue weighted by molar-refractivity contribution is 0.0443. The number of hydrogen-bond donors (Lipinski definition) is 1. The second-order valence-corrected chi connectivity index (χ2v) is 5.75. The van der Waals surface area contributed by atoms with Crippen molar-refractivity contribution < 1.29 is 9.50 Å². The van der Waals surface area contributed by atoms with Gasteiger partial charge in [-0.15, -0.1) is 0 Å². The van der Waals surface area contributed by atoms with Crippen molar-refractivity contribution >= 4 is 0 Å². The Morgan fingerprint density at radius 2 is 2.00 bits per heavy atom. The predicted molar refractivity (Wildman–Crippen MR) is 75.4 cm³/mol. The van der Waals surface area contributed by atoms with E-state index >= 15 is 0 Å². The first-order chi connectivity index (χ1) is 9.09. The van der Waals surface area contributed by atoms with E-state index < -0.39 is 0 Å². The van der Waals surface area contributed by atoms with Gasteiger partial charge in [0.25, 0.3) is 0 Å². The SMILES string of the molecule is CC(c1ccccc1F)N(C)CC1CCCCC1O. The lowest BCUT2D eigenvalue weighted by Crippen LogP contribution is -2.36. The van der Waals surface area contributed by atoms with Gasteiger partial charge in [0.15, 0.2) is 0 Å². The quantitative estimate of drug-likeness (QED) is 0.902. The summed E-state index contributed by atoms with van der Waals surface area (Å²) in [6.07, 6.45) is 4.12. The van der Waals surface area contributed by atoms with E-state index in [1.807, 2.05) is 26.1 Å². The largest absolute Gasteiger partial charge is 0.393 e. The highest BCUT2D eigenvalue weighted by molar-refractivity contribution is 5.20. The third kappa shape index (κ3) is 3.54. The minimum atomic E-state index is -0.191. The molecule has 0 radical (unpaired) electrons. The Hall–Kier alpha value is -0.930. The number of hydrogen-bond acceptors (Lipinski definition) is 2. The van der Waals surface area contributed by atoms with Crippen molar-refractivity contribution in [1.29, 1.82) is 0 Å². The molecule has 1 fully saturated rings. The number of benzene rings is 1. The van der Waals surface area contributed by atoms with Gasteiger partial charge in [-0.1, -0.05) is 31.0 Å². The van der Waals surface area contributed by atoms with Crippen molar-refractivity contribution in [2.45, 2.75) is 44.8 Å². The number of rotatable bonds is 4. The van der Waals surface area contributed by atoms with Gasteiger partial charge in [-0.2, -0.15) is 0 Å². The normalized spacial score (nSPS) is 25.5. The molecule has 0 heterocycles. The van der Waals surface area contributed by atoms with E-state index in [0.717, 1.165) is 31.4 Å². The number of nitrogens with zero attached hydrogens (tertiary/aromatic N) is 1. The topological polar surface area (TPSA) is 23.5 Å². The summed E-state index contributed by atoms with van der Waals surface area (Å²) in [7, 11) is 2.01. The average molecular weight is 265 g/mol. The summed E-state index contributed by atoms with van der Waals surface area (Å²) in [5.41, 5.74) is 0.732. The van der Waals surface area contributed by atoms with Gasteiger partial charge in [-0.3, -0.25) is 4.90 Å². The van der Waals surface area contributed by atoms with Crippen LogP contribution in [0.25, 0.3) is 0 Å². The van der Waals surface area contributed by atoms with Crippen molar-refractivity contribution in [2.24, 2.45) is 5.92 Å². The fourth-order valence-electron chi connectivity index (χ4n) is 2.98. The minimum absolute atomic E-state index is 0.0373. The van der Waals surface area contributed by atoms with Gasteiger partial charge >= 0.3 is 0 Å². The third-order valence-electron chi connectivity index (χ3n) is 4.41. The maximum absolute atomic E-state index is 13.8. The molecule has 1 aromatic rings. The zero-order chi connectivity index (χ0) is 13.8. The average Bonchev–Trinajstić information content (AvgIpc) is 2.41. The van der Waals surface area contributed by atoms with E-state index in [1.54, 1.807) is 6.07 Å². The summed E-state index contributed by atoms with van der Waals surface area (Å²) in [4.78, 5) is 2.15. The maximum atomic E-state index is 13.8. The molecule has 1 aliphatic carbocycles. The van der Waals surface area contributed by atoms with Crippen LogP contribution in [0.1, 0.15) is 44.2 Å². The van der Waals surface area contributed by atoms with E-state index in [1.165, 1.54) is 12.5 Å². The van der Waals surface area contributed by atoms with Crippen LogP contribution in [0.2, 0.25) is 0 Å². The summed E-state index contributed by atoms with van der Waals surface area (Å²) in [5, 5.41) is 10.0. The van der Waals surface area contributed by atoms with Crippen molar-refractivity contribution in [3.8, 4) is 0 Å². The Balaban J connectivity index is 1.99. The molecule has 0 saturated heterocycles. The molecule has 3 atom stereocenters. The summed E-state index contributed by atoms with van der Waals surface area (Å²) < 4.78 is 13.8. The van der Waals surface area contributed by atoms with Gasteiger partial charge in [-0.05, 0) is 38.8 Å². The first-order valence-corrected chi connectivity index (χ1v) is 7.22. The van der Waals surface area contributed by atoms with Crippen molar-refractivity contribution in [2.75, 3.05) is 13.6 Å². The molecule has 19 heavy (non-hydrogen) atoms. The van der Waals surface area contributed by atoms with E-state index in [2.05, 4.69) is 4.90 Å². The number of aliphatic hydroxyl groups excluding tert-OH is 1. The Kier molecular flexibility index (Phi) is 4.94. The molecule has 0 amide bonds. The molecule has 2 nitrogen and oxygen atoms in total. The second-order valence-electron chi connectivity index (χ2n) is 5.75. The fourth-order valence-corrected chi connectivity index (χ4v) is 2.98. The van der Waals surface area contributed by atoms with Gasteiger partial charge in [0.05, 0.1) is 6.10 Å². The molecule has 3 heteroatoms. The van der Waals surface area contributed by atoms with E-state index in [9.17, 15) is 9.50 Å². The summed E-state index contributed by atoms with van der Waals surface area (Å²) >= 11 is 0. The first-order valence-electron chi connectivity index (χ1n) is 7.22. The van der Waals surface area contributed by atoms with Gasteiger partial charge in [0, 0.05) is 18.2 Å². The zero-order valence-electron chi connectivity index (χ0n) is 11.8. The van der Waals surface area contributed by atoms with Crippen molar-refractivity contribution in [1.82, 2.24) is 4.90 Å². The van der Waals surface area contributed by atoms with Crippen LogP contribution < -0.4 is 0 Å². The zero-order valence-corrected chi connectivity index (χ0v) is 11.8. The standard InChI is InChI=1S/C16H24FNO/c1-12(14-8-4-5-9-15(14)17)18(2)11-13-7-3-6-10-16(13)19/h4-5,8-9,12-13,16,19H,3,6-7,10-11H2,1-2H3. The second kappa shape index (κ2) is 6.49. The van der Waals surface area contributed by atoms with E-state index in [4.69, 9.17) is 0 Å². The molecular weight excluding hydrogens is 241 g/mol. The van der Waals surface area contributed by atoms with Crippen LogP contribution in [0.15, 0.2) is 24.3 Å². The monoisotopic (exact) mass is 265 g/mol. The summed E-state index contributed by atoms with van der Waals surface area (Å²) in [6, 6.07) is 6.98. The summed E-state index contributed by atoms with van der Waals surface area (Å²) in [5.74, 6) is 0.180. The lowest BCUT2D eigenvalue weighted by atomic mass is 9.86. The highest BCUT2D eigenvalue weighted by Gasteiger charge is 2.26. The Bertz CT molecular complexity index is 409. The van der Waals surface area contributed by atoms with Crippen LogP contribution in [0.5, 0.6) is 0 Å².